The summed E-state index contributed by atoms with van der Waals surface area (Å²) in [6, 6.07) is 0.416. The van der Waals surface area contributed by atoms with Gasteiger partial charge in [0.05, 0.1) is 0 Å². The molecular formula is C15H25N3O. The number of rotatable bonds is 5. The molecule has 0 aromatic carbocycles. The van der Waals surface area contributed by atoms with Crippen LogP contribution in [0.3, 0.4) is 0 Å². The fourth-order valence-corrected chi connectivity index (χ4v) is 2.80. The van der Waals surface area contributed by atoms with Gasteiger partial charge in [0.2, 0.25) is 0 Å². The standard InChI is InChI=1S/C15H25N3O/c1-4-14(19-3)15-17-10-11-12(16-5-2)8-6-7-9-13(11)18-15/h10,12,14,16H,4-9H2,1-3H3. The highest BCUT2D eigenvalue weighted by Crippen LogP contribution is 2.28. The number of hydrogen-bond donors (Lipinski definition) is 1. The van der Waals surface area contributed by atoms with E-state index in [4.69, 9.17) is 9.72 Å². The van der Waals surface area contributed by atoms with Gasteiger partial charge in [-0.2, -0.15) is 0 Å². The maximum Gasteiger partial charge on any atom is 0.157 e. The summed E-state index contributed by atoms with van der Waals surface area (Å²) in [6.07, 6.45) is 7.66. The first-order chi connectivity index (χ1) is 9.30. The highest BCUT2D eigenvalue weighted by atomic mass is 16.5. The van der Waals surface area contributed by atoms with E-state index in [9.17, 15) is 0 Å². The van der Waals surface area contributed by atoms with Crippen LogP contribution >= 0.6 is 0 Å². The molecule has 1 aliphatic carbocycles. The third-order valence-corrected chi connectivity index (χ3v) is 3.84. The van der Waals surface area contributed by atoms with E-state index in [1.165, 1.54) is 30.5 Å². The minimum atomic E-state index is 0.0196. The Bertz CT molecular complexity index is 404. The molecule has 0 amide bonds. The fourth-order valence-electron chi connectivity index (χ4n) is 2.80. The highest BCUT2D eigenvalue weighted by molar-refractivity contribution is 5.23. The lowest BCUT2D eigenvalue weighted by Crippen LogP contribution is -2.22. The second kappa shape index (κ2) is 6.96. The number of aromatic nitrogens is 2. The molecule has 0 fully saturated rings. The van der Waals surface area contributed by atoms with E-state index in [0.29, 0.717) is 6.04 Å². The van der Waals surface area contributed by atoms with Crippen molar-refractivity contribution in [3.8, 4) is 0 Å². The van der Waals surface area contributed by atoms with Crippen LogP contribution in [-0.2, 0) is 11.2 Å². The van der Waals surface area contributed by atoms with Crippen LogP contribution in [-0.4, -0.2) is 23.6 Å². The van der Waals surface area contributed by atoms with E-state index in [2.05, 4.69) is 24.1 Å². The van der Waals surface area contributed by atoms with Crippen LogP contribution in [0.4, 0.5) is 0 Å². The minimum absolute atomic E-state index is 0.0196. The second-order valence-corrected chi connectivity index (χ2v) is 5.12. The van der Waals surface area contributed by atoms with Crippen molar-refractivity contribution in [2.45, 2.75) is 58.1 Å². The number of aryl methyl sites for hydroxylation is 1. The summed E-state index contributed by atoms with van der Waals surface area (Å²) < 4.78 is 5.44. The molecule has 2 atom stereocenters. The number of fused-ring (bicyclic) bond motifs is 1. The highest BCUT2D eigenvalue weighted by Gasteiger charge is 2.21. The molecule has 1 aliphatic rings. The molecule has 0 aliphatic heterocycles. The van der Waals surface area contributed by atoms with Crippen molar-refractivity contribution in [3.05, 3.63) is 23.3 Å². The van der Waals surface area contributed by atoms with E-state index in [0.717, 1.165) is 25.2 Å². The average molecular weight is 263 g/mol. The van der Waals surface area contributed by atoms with Crippen molar-refractivity contribution < 1.29 is 4.74 Å². The lowest BCUT2D eigenvalue weighted by molar-refractivity contribution is 0.0923. The Morgan fingerprint density at radius 2 is 2.26 bits per heavy atom. The summed E-state index contributed by atoms with van der Waals surface area (Å²) in [7, 11) is 1.73. The maximum absolute atomic E-state index is 5.44. The summed E-state index contributed by atoms with van der Waals surface area (Å²) in [6.45, 7) is 5.24. The smallest absolute Gasteiger partial charge is 0.157 e. The topological polar surface area (TPSA) is 47.0 Å². The number of nitrogens with zero attached hydrogens (tertiary/aromatic N) is 2. The normalized spacial score (nSPS) is 20.7. The van der Waals surface area contributed by atoms with Gasteiger partial charge in [-0.1, -0.05) is 20.3 Å². The van der Waals surface area contributed by atoms with Crippen LogP contribution in [0.25, 0.3) is 0 Å². The predicted octanol–water partition coefficient (Wildman–Crippen LogP) is 2.95. The first-order valence-corrected chi connectivity index (χ1v) is 7.42. The molecule has 4 heteroatoms. The fraction of sp³-hybridized carbons (Fsp3) is 0.733. The Labute approximate surface area is 116 Å². The summed E-state index contributed by atoms with van der Waals surface area (Å²) in [5.74, 6) is 0.834. The van der Waals surface area contributed by atoms with Gasteiger partial charge in [-0.15, -0.1) is 0 Å². The average Bonchev–Trinajstić information content (AvgIpc) is 2.63. The molecule has 4 nitrogen and oxygen atoms in total. The molecule has 1 N–H and O–H groups in total. The van der Waals surface area contributed by atoms with E-state index >= 15 is 0 Å². The third kappa shape index (κ3) is 3.31. The molecule has 0 spiro atoms. The van der Waals surface area contributed by atoms with Crippen molar-refractivity contribution in [2.75, 3.05) is 13.7 Å². The number of ether oxygens (including phenoxy) is 1. The predicted molar refractivity (Wildman–Crippen MR) is 76.0 cm³/mol. The van der Waals surface area contributed by atoms with Crippen molar-refractivity contribution in [2.24, 2.45) is 0 Å². The van der Waals surface area contributed by atoms with Gasteiger partial charge in [0, 0.05) is 30.6 Å². The van der Waals surface area contributed by atoms with Crippen molar-refractivity contribution in [1.82, 2.24) is 15.3 Å². The molecule has 19 heavy (non-hydrogen) atoms. The van der Waals surface area contributed by atoms with Crippen molar-refractivity contribution >= 4 is 0 Å². The van der Waals surface area contributed by atoms with E-state index < -0.39 is 0 Å². The number of hydrogen-bond acceptors (Lipinski definition) is 4. The quantitative estimate of drug-likeness (QED) is 0.830. The van der Waals surface area contributed by atoms with Crippen LogP contribution in [0.15, 0.2) is 6.20 Å². The molecule has 2 unspecified atom stereocenters. The van der Waals surface area contributed by atoms with Gasteiger partial charge in [0.25, 0.3) is 0 Å². The second-order valence-electron chi connectivity index (χ2n) is 5.12. The number of nitrogens with one attached hydrogen (secondary N) is 1. The van der Waals surface area contributed by atoms with Crippen LogP contribution in [0.1, 0.15) is 68.8 Å². The van der Waals surface area contributed by atoms with Crippen LogP contribution in [0, 0.1) is 0 Å². The molecule has 106 valence electrons. The number of methoxy groups -OCH3 is 1. The Morgan fingerprint density at radius 3 is 2.95 bits per heavy atom. The monoisotopic (exact) mass is 263 g/mol. The SMILES string of the molecule is CCNC1CCCCc2nc(C(CC)OC)ncc21. The first kappa shape index (κ1) is 14.4. The van der Waals surface area contributed by atoms with E-state index in [1.807, 2.05) is 6.20 Å². The molecule has 1 aromatic heterocycles. The Balaban J connectivity index is 2.29. The van der Waals surface area contributed by atoms with Crippen molar-refractivity contribution in [3.63, 3.8) is 0 Å². The molecule has 0 radical (unpaired) electrons. The molecule has 0 bridgehead atoms. The van der Waals surface area contributed by atoms with Gasteiger partial charge in [-0.25, -0.2) is 9.97 Å². The summed E-state index contributed by atoms with van der Waals surface area (Å²) in [5, 5.41) is 3.55. The Hall–Kier alpha value is -1.00. The zero-order chi connectivity index (χ0) is 13.7. The Morgan fingerprint density at radius 1 is 1.42 bits per heavy atom. The van der Waals surface area contributed by atoms with Crippen LogP contribution in [0.5, 0.6) is 0 Å². The summed E-state index contributed by atoms with van der Waals surface area (Å²) >= 11 is 0. The summed E-state index contributed by atoms with van der Waals surface area (Å²) in [4.78, 5) is 9.30. The lowest BCUT2D eigenvalue weighted by atomic mass is 10.0. The van der Waals surface area contributed by atoms with E-state index in [-0.39, 0.29) is 6.10 Å². The zero-order valence-corrected chi connectivity index (χ0v) is 12.3. The first-order valence-electron chi connectivity index (χ1n) is 7.42. The molecule has 2 rings (SSSR count). The van der Waals surface area contributed by atoms with Gasteiger partial charge in [0.15, 0.2) is 5.82 Å². The van der Waals surface area contributed by atoms with Gasteiger partial charge in [-0.05, 0) is 32.2 Å². The van der Waals surface area contributed by atoms with Crippen LogP contribution < -0.4 is 5.32 Å². The third-order valence-electron chi connectivity index (χ3n) is 3.84. The molecule has 0 saturated carbocycles. The molecular weight excluding hydrogens is 238 g/mol. The largest absolute Gasteiger partial charge is 0.373 e. The van der Waals surface area contributed by atoms with Crippen LogP contribution in [0.2, 0.25) is 0 Å². The maximum atomic E-state index is 5.44. The van der Waals surface area contributed by atoms with Gasteiger partial charge < -0.3 is 10.1 Å². The summed E-state index contributed by atoms with van der Waals surface area (Å²) in [5.41, 5.74) is 2.50. The van der Waals surface area contributed by atoms with E-state index in [1.54, 1.807) is 7.11 Å². The minimum Gasteiger partial charge on any atom is -0.373 e. The lowest BCUT2D eigenvalue weighted by Gasteiger charge is -2.19. The Kier molecular flexibility index (Phi) is 5.28. The van der Waals surface area contributed by atoms with Gasteiger partial charge >= 0.3 is 0 Å². The zero-order valence-electron chi connectivity index (χ0n) is 12.3. The molecule has 1 heterocycles. The van der Waals surface area contributed by atoms with Crippen molar-refractivity contribution in [1.29, 1.82) is 0 Å². The molecule has 1 aromatic rings. The molecule has 0 saturated heterocycles. The van der Waals surface area contributed by atoms with Gasteiger partial charge in [0.1, 0.15) is 6.10 Å². The van der Waals surface area contributed by atoms with Gasteiger partial charge in [-0.3, -0.25) is 0 Å².